The zero-order chi connectivity index (χ0) is 19.6. The van der Waals surface area contributed by atoms with E-state index in [2.05, 4.69) is 10.4 Å². The number of carbonyl (C=O) groups excluding carboxylic acids is 2. The SMILES string of the molecule is COc1ccc([C@@]2(C)NC(=O)N(/N=C\c3ccc(N(C)C)cc3)C2=O)cc1. The zero-order valence-corrected chi connectivity index (χ0v) is 15.8. The van der Waals surface area contributed by atoms with Crippen LogP contribution in [0.2, 0.25) is 0 Å². The van der Waals surface area contributed by atoms with Crippen molar-refractivity contribution in [1.29, 1.82) is 0 Å². The van der Waals surface area contributed by atoms with E-state index in [1.165, 1.54) is 6.21 Å². The fraction of sp³-hybridized carbons (Fsp3) is 0.250. The van der Waals surface area contributed by atoms with Crippen LogP contribution in [0.5, 0.6) is 5.75 Å². The molecule has 0 saturated carbocycles. The van der Waals surface area contributed by atoms with E-state index >= 15 is 0 Å². The van der Waals surface area contributed by atoms with E-state index in [-0.39, 0.29) is 0 Å². The fourth-order valence-corrected chi connectivity index (χ4v) is 2.83. The zero-order valence-electron chi connectivity index (χ0n) is 15.8. The summed E-state index contributed by atoms with van der Waals surface area (Å²) in [7, 11) is 5.48. The summed E-state index contributed by atoms with van der Waals surface area (Å²) in [6.45, 7) is 1.66. The summed E-state index contributed by atoms with van der Waals surface area (Å²) < 4.78 is 5.14. The molecule has 2 aromatic carbocycles. The van der Waals surface area contributed by atoms with E-state index in [0.29, 0.717) is 11.3 Å². The van der Waals surface area contributed by atoms with Gasteiger partial charge in [0.2, 0.25) is 0 Å². The number of nitrogens with zero attached hydrogens (tertiary/aromatic N) is 3. The lowest BCUT2D eigenvalue weighted by Gasteiger charge is -2.21. The Morgan fingerprint density at radius 3 is 2.26 bits per heavy atom. The molecule has 0 bridgehead atoms. The number of benzene rings is 2. The first-order valence-electron chi connectivity index (χ1n) is 8.48. The average Bonchev–Trinajstić information content (AvgIpc) is 2.90. The maximum Gasteiger partial charge on any atom is 0.346 e. The van der Waals surface area contributed by atoms with Crippen LogP contribution in [0.1, 0.15) is 18.1 Å². The van der Waals surface area contributed by atoms with Crippen molar-refractivity contribution in [3.63, 3.8) is 0 Å². The number of hydrogen-bond donors (Lipinski definition) is 1. The summed E-state index contributed by atoms with van der Waals surface area (Å²) in [6, 6.07) is 14.1. The van der Waals surface area contributed by atoms with Crippen molar-refractivity contribution >= 4 is 23.8 Å². The van der Waals surface area contributed by atoms with Gasteiger partial charge in [-0.1, -0.05) is 24.3 Å². The number of urea groups is 1. The maximum absolute atomic E-state index is 12.8. The van der Waals surface area contributed by atoms with Crippen LogP contribution < -0.4 is 15.0 Å². The highest BCUT2D eigenvalue weighted by Gasteiger charge is 2.49. The van der Waals surface area contributed by atoms with Gasteiger partial charge in [-0.3, -0.25) is 4.79 Å². The highest BCUT2D eigenvalue weighted by atomic mass is 16.5. The van der Waals surface area contributed by atoms with Crippen molar-refractivity contribution in [3.8, 4) is 5.75 Å². The minimum atomic E-state index is -1.17. The van der Waals surface area contributed by atoms with Gasteiger partial charge in [-0.05, 0) is 42.3 Å². The second kappa shape index (κ2) is 7.11. The molecular formula is C20H22N4O3. The number of hydrogen-bond acceptors (Lipinski definition) is 5. The summed E-state index contributed by atoms with van der Waals surface area (Å²) >= 11 is 0. The molecule has 2 aromatic rings. The van der Waals surface area contributed by atoms with Gasteiger partial charge in [0.1, 0.15) is 11.3 Å². The Bertz CT molecular complexity index is 875. The Balaban J connectivity index is 1.80. The van der Waals surface area contributed by atoms with E-state index in [9.17, 15) is 9.59 Å². The van der Waals surface area contributed by atoms with Gasteiger partial charge in [-0.15, -0.1) is 5.01 Å². The van der Waals surface area contributed by atoms with E-state index in [4.69, 9.17) is 4.74 Å². The van der Waals surface area contributed by atoms with E-state index in [1.807, 2.05) is 43.3 Å². The normalized spacial score (nSPS) is 19.5. The van der Waals surface area contributed by atoms with Crippen molar-refractivity contribution in [2.75, 3.05) is 26.1 Å². The second-order valence-electron chi connectivity index (χ2n) is 6.63. The topological polar surface area (TPSA) is 74.2 Å². The molecule has 3 amide bonds. The summed E-state index contributed by atoms with van der Waals surface area (Å²) in [4.78, 5) is 27.1. The molecule has 7 heteroatoms. The van der Waals surface area contributed by atoms with Crippen LogP contribution in [-0.4, -0.2) is 44.4 Å². The lowest BCUT2D eigenvalue weighted by Crippen LogP contribution is -2.40. The number of carbonyl (C=O) groups is 2. The Hall–Kier alpha value is -3.35. The number of amides is 3. The van der Waals surface area contributed by atoms with Crippen molar-refractivity contribution < 1.29 is 14.3 Å². The van der Waals surface area contributed by atoms with Crippen LogP contribution in [0.4, 0.5) is 10.5 Å². The van der Waals surface area contributed by atoms with Gasteiger partial charge in [-0.2, -0.15) is 5.10 Å². The molecule has 3 rings (SSSR count). The van der Waals surface area contributed by atoms with Crippen LogP contribution in [0.25, 0.3) is 0 Å². The van der Waals surface area contributed by atoms with Gasteiger partial charge in [0, 0.05) is 19.8 Å². The summed E-state index contributed by atoms with van der Waals surface area (Å²) in [5.74, 6) is 0.244. The number of imide groups is 1. The average molecular weight is 366 g/mol. The first-order chi connectivity index (χ1) is 12.8. The molecule has 1 heterocycles. The lowest BCUT2D eigenvalue weighted by atomic mass is 9.92. The van der Waals surface area contributed by atoms with Gasteiger partial charge in [0.25, 0.3) is 5.91 Å². The maximum atomic E-state index is 12.8. The molecule has 1 saturated heterocycles. The summed E-state index contributed by atoms with van der Waals surface area (Å²) in [5.41, 5.74) is 1.33. The minimum absolute atomic E-state index is 0.432. The van der Waals surface area contributed by atoms with Crippen molar-refractivity contribution in [3.05, 3.63) is 59.7 Å². The van der Waals surface area contributed by atoms with Crippen LogP contribution in [0.15, 0.2) is 53.6 Å². The molecule has 1 aliphatic rings. The number of ether oxygens (including phenoxy) is 1. The quantitative estimate of drug-likeness (QED) is 0.652. The third kappa shape index (κ3) is 3.48. The Kier molecular flexibility index (Phi) is 4.85. The molecule has 7 nitrogen and oxygen atoms in total. The first kappa shape index (κ1) is 18.4. The van der Waals surface area contributed by atoms with Crippen LogP contribution in [0.3, 0.4) is 0 Å². The molecule has 0 spiro atoms. The molecule has 0 aromatic heterocycles. The molecule has 0 unspecified atom stereocenters. The smallest absolute Gasteiger partial charge is 0.346 e. The van der Waals surface area contributed by atoms with Crippen molar-refractivity contribution in [1.82, 2.24) is 10.3 Å². The molecule has 0 radical (unpaired) electrons. The van der Waals surface area contributed by atoms with E-state index in [0.717, 1.165) is 16.3 Å². The third-order valence-corrected chi connectivity index (χ3v) is 4.57. The molecule has 140 valence electrons. The van der Waals surface area contributed by atoms with Crippen LogP contribution in [0, 0.1) is 0 Å². The Morgan fingerprint density at radius 2 is 1.70 bits per heavy atom. The van der Waals surface area contributed by atoms with E-state index in [1.54, 1.807) is 38.3 Å². The van der Waals surface area contributed by atoms with Gasteiger partial charge in [0.05, 0.1) is 13.3 Å². The van der Waals surface area contributed by atoms with Crippen LogP contribution >= 0.6 is 0 Å². The molecule has 1 fully saturated rings. The monoisotopic (exact) mass is 366 g/mol. The van der Waals surface area contributed by atoms with Crippen molar-refractivity contribution in [2.45, 2.75) is 12.5 Å². The minimum Gasteiger partial charge on any atom is -0.497 e. The highest BCUT2D eigenvalue weighted by Crippen LogP contribution is 2.30. The van der Waals surface area contributed by atoms with Gasteiger partial charge < -0.3 is 15.0 Å². The Labute approximate surface area is 158 Å². The Morgan fingerprint density at radius 1 is 1.07 bits per heavy atom. The third-order valence-electron chi connectivity index (χ3n) is 4.57. The second-order valence-corrected chi connectivity index (χ2v) is 6.63. The van der Waals surface area contributed by atoms with Gasteiger partial charge >= 0.3 is 6.03 Å². The number of methoxy groups -OCH3 is 1. The summed E-state index contributed by atoms with van der Waals surface area (Å²) in [6.07, 6.45) is 1.50. The van der Waals surface area contributed by atoms with Gasteiger partial charge in [-0.25, -0.2) is 4.79 Å². The molecular weight excluding hydrogens is 344 g/mol. The number of nitrogens with one attached hydrogen (secondary N) is 1. The summed E-state index contributed by atoms with van der Waals surface area (Å²) in [5, 5.41) is 7.68. The fourth-order valence-electron chi connectivity index (χ4n) is 2.83. The number of hydrazone groups is 1. The number of anilines is 1. The first-order valence-corrected chi connectivity index (χ1v) is 8.48. The molecule has 0 aliphatic carbocycles. The largest absolute Gasteiger partial charge is 0.497 e. The molecule has 1 aliphatic heterocycles. The van der Waals surface area contributed by atoms with Crippen LogP contribution in [-0.2, 0) is 10.3 Å². The van der Waals surface area contributed by atoms with Crippen molar-refractivity contribution in [2.24, 2.45) is 5.10 Å². The predicted octanol–water partition coefficient (Wildman–Crippen LogP) is 2.56. The number of rotatable bonds is 5. The lowest BCUT2D eigenvalue weighted by molar-refractivity contribution is -0.131. The predicted molar refractivity (Wildman–Crippen MR) is 104 cm³/mol. The standard InChI is InChI=1S/C20H22N4O3/c1-20(15-7-11-17(27-4)12-8-15)18(25)24(19(26)22-20)21-13-14-5-9-16(10-6-14)23(2)3/h5-13H,1-4H3,(H,22,26)/b21-13-/t20-/m1/s1. The molecule has 1 N–H and O–H groups in total. The van der Waals surface area contributed by atoms with Gasteiger partial charge in [0.15, 0.2) is 0 Å². The van der Waals surface area contributed by atoms with E-state index < -0.39 is 17.5 Å². The molecule has 27 heavy (non-hydrogen) atoms. The molecule has 1 atom stereocenters. The highest BCUT2D eigenvalue weighted by molar-refractivity contribution is 6.07.